The van der Waals surface area contributed by atoms with Crippen LogP contribution in [0.15, 0.2) is 12.1 Å². The zero-order chi connectivity index (χ0) is 19.6. The van der Waals surface area contributed by atoms with Gasteiger partial charge in [-0.2, -0.15) is 0 Å². The van der Waals surface area contributed by atoms with Crippen molar-refractivity contribution < 1.29 is 30.6 Å². The molecule has 1 aliphatic carbocycles. The number of phenolic OH excluding ortho intramolecular Hbond substituents is 6. The second-order valence-electron chi connectivity index (χ2n) is 8.30. The first-order chi connectivity index (χ1) is 11.9. The van der Waals surface area contributed by atoms with Gasteiger partial charge in [0.2, 0.25) is 11.5 Å². The van der Waals surface area contributed by atoms with Gasteiger partial charge < -0.3 is 30.6 Å². The SMILES string of the molecule is CC1(C)CCC(C)(C)c2cc(O)c(O)c(O)c2-c2c1cc(O)c(O)c2O. The zero-order valence-corrected chi connectivity index (χ0v) is 15.3. The normalized spacial score (nSPS) is 17.7. The van der Waals surface area contributed by atoms with Crippen LogP contribution in [0.3, 0.4) is 0 Å². The Kier molecular flexibility index (Phi) is 3.72. The van der Waals surface area contributed by atoms with Crippen molar-refractivity contribution in [3.05, 3.63) is 23.3 Å². The lowest BCUT2D eigenvalue weighted by molar-refractivity contribution is 0.343. The summed E-state index contributed by atoms with van der Waals surface area (Å²) in [5.41, 5.74) is 0.353. The van der Waals surface area contributed by atoms with Crippen LogP contribution >= 0.6 is 0 Å². The number of aromatic hydroxyl groups is 6. The molecule has 0 radical (unpaired) electrons. The summed E-state index contributed by atoms with van der Waals surface area (Å²) in [7, 11) is 0. The van der Waals surface area contributed by atoms with Gasteiger partial charge in [0, 0.05) is 11.1 Å². The van der Waals surface area contributed by atoms with Crippen LogP contribution < -0.4 is 0 Å². The summed E-state index contributed by atoms with van der Waals surface area (Å²) in [5, 5.41) is 61.4. The number of benzene rings is 2. The lowest BCUT2D eigenvalue weighted by atomic mass is 9.66. The van der Waals surface area contributed by atoms with Gasteiger partial charge in [-0.25, -0.2) is 0 Å². The van der Waals surface area contributed by atoms with Gasteiger partial charge in [0.25, 0.3) is 0 Å². The van der Waals surface area contributed by atoms with Gasteiger partial charge >= 0.3 is 0 Å². The molecule has 6 N–H and O–H groups in total. The highest BCUT2D eigenvalue weighted by Crippen LogP contribution is 2.58. The lowest BCUT2D eigenvalue weighted by Gasteiger charge is -2.38. The molecule has 0 heterocycles. The van der Waals surface area contributed by atoms with Crippen LogP contribution in [0, 0.1) is 0 Å². The van der Waals surface area contributed by atoms with Crippen LogP contribution in [0.1, 0.15) is 51.7 Å². The van der Waals surface area contributed by atoms with E-state index >= 15 is 0 Å². The number of rotatable bonds is 0. The van der Waals surface area contributed by atoms with Crippen LogP contribution in [-0.2, 0) is 10.8 Å². The second-order valence-corrected chi connectivity index (χ2v) is 8.30. The molecule has 2 aromatic rings. The summed E-state index contributed by atoms with van der Waals surface area (Å²) in [5.74, 6) is -3.47. The molecule has 140 valence electrons. The summed E-state index contributed by atoms with van der Waals surface area (Å²) in [6, 6.07) is 2.74. The first-order valence-corrected chi connectivity index (χ1v) is 8.45. The molecule has 0 atom stereocenters. The first kappa shape index (κ1) is 18.0. The molecule has 0 aromatic heterocycles. The Hall–Kier alpha value is -2.76. The highest BCUT2D eigenvalue weighted by atomic mass is 16.3. The predicted molar refractivity (Wildman–Crippen MR) is 97.2 cm³/mol. The van der Waals surface area contributed by atoms with E-state index < -0.39 is 45.3 Å². The summed E-state index contributed by atoms with van der Waals surface area (Å²) in [6.07, 6.45) is 1.39. The fourth-order valence-corrected chi connectivity index (χ4v) is 3.76. The third kappa shape index (κ3) is 2.40. The summed E-state index contributed by atoms with van der Waals surface area (Å²) < 4.78 is 0. The van der Waals surface area contributed by atoms with Gasteiger partial charge in [-0.1, -0.05) is 27.7 Å². The molecule has 0 saturated heterocycles. The third-order valence-corrected chi connectivity index (χ3v) is 5.59. The Bertz CT molecular complexity index is 836. The van der Waals surface area contributed by atoms with Crippen LogP contribution in [-0.4, -0.2) is 30.6 Å². The summed E-state index contributed by atoms with van der Waals surface area (Å²) >= 11 is 0. The highest BCUT2D eigenvalue weighted by molar-refractivity contribution is 5.88. The largest absolute Gasteiger partial charge is 0.504 e. The van der Waals surface area contributed by atoms with Crippen molar-refractivity contribution in [1.82, 2.24) is 0 Å². The molecule has 0 unspecified atom stereocenters. The molecule has 0 spiro atoms. The van der Waals surface area contributed by atoms with Crippen molar-refractivity contribution in [3.63, 3.8) is 0 Å². The second kappa shape index (κ2) is 5.37. The summed E-state index contributed by atoms with van der Waals surface area (Å²) in [6.45, 7) is 7.78. The zero-order valence-electron chi connectivity index (χ0n) is 15.3. The minimum Gasteiger partial charge on any atom is -0.504 e. The molecule has 6 heteroatoms. The van der Waals surface area contributed by atoms with E-state index in [1.54, 1.807) is 0 Å². The van der Waals surface area contributed by atoms with Crippen LogP contribution in [0.25, 0.3) is 11.1 Å². The third-order valence-electron chi connectivity index (χ3n) is 5.59. The van der Waals surface area contributed by atoms with Crippen molar-refractivity contribution in [1.29, 1.82) is 0 Å². The molecule has 0 aliphatic heterocycles. The van der Waals surface area contributed by atoms with E-state index in [2.05, 4.69) is 0 Å². The summed E-state index contributed by atoms with van der Waals surface area (Å²) in [4.78, 5) is 0. The Morgan fingerprint density at radius 1 is 0.577 bits per heavy atom. The number of hydrogen-bond acceptors (Lipinski definition) is 6. The molecule has 0 saturated carbocycles. The highest BCUT2D eigenvalue weighted by Gasteiger charge is 2.39. The van der Waals surface area contributed by atoms with E-state index in [9.17, 15) is 30.6 Å². The van der Waals surface area contributed by atoms with Crippen molar-refractivity contribution >= 4 is 0 Å². The van der Waals surface area contributed by atoms with Gasteiger partial charge in [0.1, 0.15) is 0 Å². The predicted octanol–water partition coefficient (Wildman–Crippen LogP) is 3.94. The van der Waals surface area contributed by atoms with Gasteiger partial charge in [-0.15, -0.1) is 0 Å². The number of hydrogen-bond donors (Lipinski definition) is 6. The lowest BCUT2D eigenvalue weighted by Crippen LogP contribution is -2.28. The van der Waals surface area contributed by atoms with Gasteiger partial charge in [0.05, 0.1) is 0 Å². The van der Waals surface area contributed by atoms with Gasteiger partial charge in [0.15, 0.2) is 23.0 Å². The van der Waals surface area contributed by atoms with E-state index in [0.29, 0.717) is 24.0 Å². The van der Waals surface area contributed by atoms with Crippen LogP contribution in [0.5, 0.6) is 34.5 Å². The fourth-order valence-electron chi connectivity index (χ4n) is 3.76. The molecule has 6 nitrogen and oxygen atoms in total. The molecule has 0 amide bonds. The van der Waals surface area contributed by atoms with Gasteiger partial charge in [-0.3, -0.25) is 0 Å². The first-order valence-electron chi connectivity index (χ1n) is 8.45. The van der Waals surface area contributed by atoms with Crippen molar-refractivity contribution in [2.45, 2.75) is 51.4 Å². The minimum absolute atomic E-state index is 0.140. The molecule has 0 bridgehead atoms. The molecular weight excluding hydrogens is 336 g/mol. The standard InChI is InChI=1S/C20H24O6/c1-19(2)5-6-20(3,4)10-8-12(22)16(24)18(26)14(10)13-9(19)7-11(21)15(23)17(13)25/h7-8,21-26H,5-6H2,1-4H3. The Balaban J connectivity index is 2.58. The smallest absolute Gasteiger partial charge is 0.200 e. The molecule has 2 aromatic carbocycles. The van der Waals surface area contributed by atoms with Crippen LogP contribution in [0.2, 0.25) is 0 Å². The Morgan fingerprint density at radius 2 is 0.885 bits per heavy atom. The van der Waals surface area contributed by atoms with E-state index in [-0.39, 0.29) is 11.1 Å². The molecule has 0 fully saturated rings. The number of fused-ring (bicyclic) bond motifs is 3. The average Bonchev–Trinajstić information content (AvgIpc) is 2.55. The molecule has 3 rings (SSSR count). The molecule has 26 heavy (non-hydrogen) atoms. The number of phenols is 6. The van der Waals surface area contributed by atoms with Gasteiger partial charge in [-0.05, 0) is 46.9 Å². The molecule has 1 aliphatic rings. The Labute approximate surface area is 151 Å². The molecular formula is C20H24O6. The maximum atomic E-state index is 10.6. The quantitative estimate of drug-likeness (QED) is 0.396. The monoisotopic (exact) mass is 360 g/mol. The van der Waals surface area contributed by atoms with E-state index in [4.69, 9.17) is 0 Å². The van der Waals surface area contributed by atoms with Crippen molar-refractivity contribution in [3.8, 4) is 45.6 Å². The van der Waals surface area contributed by atoms with E-state index in [1.165, 1.54) is 12.1 Å². The average molecular weight is 360 g/mol. The van der Waals surface area contributed by atoms with Crippen LogP contribution in [0.4, 0.5) is 0 Å². The maximum absolute atomic E-state index is 10.6. The maximum Gasteiger partial charge on any atom is 0.200 e. The van der Waals surface area contributed by atoms with E-state index in [0.717, 1.165) is 0 Å². The fraction of sp³-hybridized carbons (Fsp3) is 0.400. The topological polar surface area (TPSA) is 121 Å². The Morgan fingerprint density at radius 3 is 1.19 bits per heavy atom. The van der Waals surface area contributed by atoms with Crippen molar-refractivity contribution in [2.24, 2.45) is 0 Å². The minimum atomic E-state index is -0.698. The van der Waals surface area contributed by atoms with E-state index in [1.807, 2.05) is 27.7 Å². The van der Waals surface area contributed by atoms with Crippen molar-refractivity contribution in [2.75, 3.05) is 0 Å².